The van der Waals surface area contributed by atoms with Crippen molar-refractivity contribution in [3.05, 3.63) is 33.5 Å². The Morgan fingerprint density at radius 3 is 2.69 bits per heavy atom. The molecule has 16 heavy (non-hydrogen) atoms. The normalized spacial score (nSPS) is 12.5. The molecule has 0 amide bonds. The van der Waals surface area contributed by atoms with E-state index in [-0.39, 0.29) is 5.82 Å². The highest BCUT2D eigenvalue weighted by molar-refractivity contribution is 9.10. The van der Waals surface area contributed by atoms with Gasteiger partial charge >= 0.3 is 5.97 Å². The van der Waals surface area contributed by atoms with Crippen LogP contribution in [0.25, 0.3) is 0 Å². The Kier molecular flexibility index (Phi) is 4.47. The first-order valence-electron chi connectivity index (χ1n) is 5.15. The summed E-state index contributed by atoms with van der Waals surface area (Å²) in [5.74, 6) is -1.55. The Hall–Kier alpha value is -0.900. The van der Waals surface area contributed by atoms with E-state index in [4.69, 9.17) is 5.11 Å². The maximum Gasteiger partial charge on any atom is 0.306 e. The fourth-order valence-corrected chi connectivity index (χ4v) is 2.07. The highest BCUT2D eigenvalue weighted by Gasteiger charge is 2.14. The van der Waals surface area contributed by atoms with Crippen LogP contribution in [-0.2, 0) is 17.6 Å². The second kappa shape index (κ2) is 5.43. The molecular formula is C12H14BrFO2. The van der Waals surface area contributed by atoms with E-state index in [9.17, 15) is 9.18 Å². The molecule has 1 unspecified atom stereocenters. The molecule has 0 fully saturated rings. The lowest BCUT2D eigenvalue weighted by Gasteiger charge is -2.10. The van der Waals surface area contributed by atoms with Gasteiger partial charge < -0.3 is 5.11 Å². The molecule has 0 aliphatic rings. The Bertz CT molecular complexity index is 404. The predicted octanol–water partition coefficient (Wildman–Crippen LogP) is 3.41. The first kappa shape index (κ1) is 13.2. The number of aliphatic carboxylic acids is 1. The maximum atomic E-state index is 13.5. The number of benzene rings is 1. The van der Waals surface area contributed by atoms with E-state index in [1.807, 2.05) is 6.92 Å². The average Bonchev–Trinajstić information content (AvgIpc) is 2.22. The molecule has 1 N–H and O–H groups in total. The van der Waals surface area contributed by atoms with Gasteiger partial charge in [0.1, 0.15) is 5.82 Å². The minimum Gasteiger partial charge on any atom is -0.481 e. The number of carboxylic acid groups (broad SMARTS) is 1. The summed E-state index contributed by atoms with van der Waals surface area (Å²) in [7, 11) is 0. The van der Waals surface area contributed by atoms with Gasteiger partial charge in [0, 0.05) is 0 Å². The molecule has 0 bridgehead atoms. The molecule has 0 saturated carbocycles. The van der Waals surface area contributed by atoms with E-state index in [0.717, 1.165) is 5.56 Å². The van der Waals surface area contributed by atoms with Crippen LogP contribution in [-0.4, -0.2) is 11.1 Å². The molecule has 2 nitrogen and oxygen atoms in total. The van der Waals surface area contributed by atoms with Crippen LogP contribution in [0, 0.1) is 11.7 Å². The first-order chi connectivity index (χ1) is 7.45. The molecule has 0 radical (unpaired) electrons. The minimum atomic E-state index is -0.835. The van der Waals surface area contributed by atoms with Crippen LogP contribution >= 0.6 is 15.9 Å². The maximum absolute atomic E-state index is 13.5. The third kappa shape index (κ3) is 3.04. The highest BCUT2D eigenvalue weighted by Crippen LogP contribution is 2.23. The quantitative estimate of drug-likeness (QED) is 0.922. The number of aryl methyl sites for hydroxylation is 1. The Morgan fingerprint density at radius 2 is 2.19 bits per heavy atom. The lowest BCUT2D eigenvalue weighted by atomic mass is 9.99. The molecule has 1 atom stereocenters. The summed E-state index contributed by atoms with van der Waals surface area (Å²) >= 11 is 3.14. The van der Waals surface area contributed by atoms with E-state index >= 15 is 0 Å². The number of carboxylic acids is 1. The van der Waals surface area contributed by atoms with E-state index in [1.54, 1.807) is 19.1 Å². The third-order valence-electron chi connectivity index (χ3n) is 2.51. The van der Waals surface area contributed by atoms with Gasteiger partial charge in [-0.1, -0.05) is 19.9 Å². The predicted molar refractivity (Wildman–Crippen MR) is 64.0 cm³/mol. The molecule has 1 aromatic carbocycles. The van der Waals surface area contributed by atoms with Gasteiger partial charge in [0.25, 0.3) is 0 Å². The van der Waals surface area contributed by atoms with Crippen LogP contribution in [0.3, 0.4) is 0 Å². The van der Waals surface area contributed by atoms with Crippen LogP contribution < -0.4 is 0 Å². The summed E-state index contributed by atoms with van der Waals surface area (Å²) in [6.45, 7) is 3.51. The SMILES string of the molecule is CCc1cc(CC(C)C(=O)O)cc(Br)c1F. The van der Waals surface area contributed by atoms with Gasteiger partial charge in [-0.2, -0.15) is 0 Å². The molecule has 0 aliphatic heterocycles. The monoisotopic (exact) mass is 288 g/mol. The minimum absolute atomic E-state index is 0.255. The van der Waals surface area contributed by atoms with Crippen LogP contribution in [0.2, 0.25) is 0 Å². The van der Waals surface area contributed by atoms with Gasteiger partial charge in [-0.3, -0.25) is 4.79 Å². The van der Waals surface area contributed by atoms with E-state index in [1.165, 1.54) is 0 Å². The summed E-state index contributed by atoms with van der Waals surface area (Å²) in [4.78, 5) is 10.7. The molecule has 0 spiro atoms. The van der Waals surface area contributed by atoms with Gasteiger partial charge in [-0.15, -0.1) is 0 Å². The summed E-state index contributed by atoms with van der Waals surface area (Å²) in [5.41, 5.74) is 1.46. The summed E-state index contributed by atoms with van der Waals surface area (Å²) in [6, 6.07) is 3.38. The second-order valence-corrected chi connectivity index (χ2v) is 4.70. The van der Waals surface area contributed by atoms with Crippen LogP contribution in [0.1, 0.15) is 25.0 Å². The molecule has 1 rings (SSSR count). The van der Waals surface area contributed by atoms with Crippen LogP contribution in [0.4, 0.5) is 4.39 Å². The summed E-state index contributed by atoms with van der Waals surface area (Å²) in [6.07, 6.45) is 1.01. The van der Waals surface area contributed by atoms with Gasteiger partial charge in [-0.25, -0.2) is 4.39 Å². The number of hydrogen-bond acceptors (Lipinski definition) is 1. The fraction of sp³-hybridized carbons (Fsp3) is 0.417. The Balaban J connectivity index is 2.98. The zero-order valence-corrected chi connectivity index (χ0v) is 10.8. The van der Waals surface area contributed by atoms with Gasteiger partial charge in [0.05, 0.1) is 10.4 Å². The van der Waals surface area contributed by atoms with E-state index in [0.29, 0.717) is 22.9 Å². The smallest absolute Gasteiger partial charge is 0.306 e. The standard InChI is InChI=1S/C12H14BrFO2/c1-3-9-5-8(4-7(2)12(15)16)6-10(13)11(9)14/h5-7H,3-4H2,1-2H3,(H,15,16). The second-order valence-electron chi connectivity index (χ2n) is 3.85. The lowest BCUT2D eigenvalue weighted by molar-refractivity contribution is -0.141. The van der Waals surface area contributed by atoms with Gasteiger partial charge in [0.2, 0.25) is 0 Å². The van der Waals surface area contributed by atoms with Crippen molar-refractivity contribution in [3.8, 4) is 0 Å². The average molecular weight is 289 g/mol. The zero-order valence-electron chi connectivity index (χ0n) is 9.26. The fourth-order valence-electron chi connectivity index (χ4n) is 1.52. The lowest BCUT2D eigenvalue weighted by Crippen LogP contribution is -2.12. The largest absolute Gasteiger partial charge is 0.481 e. The van der Waals surface area contributed by atoms with Crippen LogP contribution in [0.5, 0.6) is 0 Å². The molecule has 4 heteroatoms. The molecular weight excluding hydrogens is 275 g/mol. The summed E-state index contributed by atoms with van der Waals surface area (Å²) < 4.78 is 13.9. The van der Waals surface area contributed by atoms with Crippen molar-refractivity contribution >= 4 is 21.9 Å². The molecule has 0 aliphatic carbocycles. The number of hydrogen-bond donors (Lipinski definition) is 1. The van der Waals surface area contributed by atoms with Gasteiger partial charge in [0.15, 0.2) is 0 Å². The van der Waals surface area contributed by atoms with Crippen molar-refractivity contribution < 1.29 is 14.3 Å². The van der Waals surface area contributed by atoms with Gasteiger partial charge in [-0.05, 0) is 46.0 Å². The molecule has 0 aromatic heterocycles. The van der Waals surface area contributed by atoms with Crippen molar-refractivity contribution in [1.29, 1.82) is 0 Å². The first-order valence-corrected chi connectivity index (χ1v) is 5.94. The molecule has 0 saturated heterocycles. The van der Waals surface area contributed by atoms with Crippen molar-refractivity contribution in [2.45, 2.75) is 26.7 Å². The van der Waals surface area contributed by atoms with Crippen molar-refractivity contribution in [3.63, 3.8) is 0 Å². The molecule has 88 valence electrons. The molecule has 0 heterocycles. The molecule has 1 aromatic rings. The summed E-state index contributed by atoms with van der Waals surface area (Å²) in [5, 5.41) is 8.81. The van der Waals surface area contributed by atoms with E-state index < -0.39 is 11.9 Å². The van der Waals surface area contributed by atoms with Crippen molar-refractivity contribution in [2.24, 2.45) is 5.92 Å². The van der Waals surface area contributed by atoms with Crippen molar-refractivity contribution in [1.82, 2.24) is 0 Å². The van der Waals surface area contributed by atoms with Crippen LogP contribution in [0.15, 0.2) is 16.6 Å². The highest BCUT2D eigenvalue weighted by atomic mass is 79.9. The number of rotatable bonds is 4. The Labute approximate surface area is 103 Å². The topological polar surface area (TPSA) is 37.3 Å². The Morgan fingerprint density at radius 1 is 1.56 bits per heavy atom. The van der Waals surface area contributed by atoms with E-state index in [2.05, 4.69) is 15.9 Å². The zero-order chi connectivity index (χ0) is 12.3. The van der Waals surface area contributed by atoms with Crippen molar-refractivity contribution in [2.75, 3.05) is 0 Å². The number of carbonyl (C=O) groups is 1. The third-order valence-corrected chi connectivity index (χ3v) is 3.08. The number of halogens is 2.